The lowest BCUT2D eigenvalue weighted by molar-refractivity contribution is -0.158. The van der Waals surface area contributed by atoms with Gasteiger partial charge in [0.2, 0.25) is 0 Å². The number of hydrogen-bond donors (Lipinski definition) is 2. The molecule has 0 radical (unpaired) electrons. The first-order chi connectivity index (χ1) is 16.1. The monoisotopic (exact) mass is 483 g/mol. The van der Waals surface area contributed by atoms with E-state index in [0.29, 0.717) is 41.6 Å². The Morgan fingerprint density at radius 3 is 2.76 bits per heavy atom. The molecule has 190 valence electrons. The summed E-state index contributed by atoms with van der Waals surface area (Å²) in [5, 5.41) is 1.38. The van der Waals surface area contributed by atoms with Crippen molar-refractivity contribution in [1.82, 2.24) is 9.99 Å². The van der Waals surface area contributed by atoms with E-state index >= 15 is 0 Å². The summed E-state index contributed by atoms with van der Waals surface area (Å²) in [5.74, 6) is 2.06. The van der Waals surface area contributed by atoms with Gasteiger partial charge >= 0.3 is 5.97 Å². The van der Waals surface area contributed by atoms with Gasteiger partial charge in [-0.3, -0.25) is 4.79 Å². The normalized spacial score (nSPS) is 23.3. The summed E-state index contributed by atoms with van der Waals surface area (Å²) in [6.07, 6.45) is 2.16. The third-order valence-corrected chi connectivity index (χ3v) is 6.13. The summed E-state index contributed by atoms with van der Waals surface area (Å²) >= 11 is 0. The fraction of sp³-hybridized carbons (Fsp3) is 0.652. The molecule has 1 aromatic heterocycles. The maximum absolute atomic E-state index is 14.4. The molecule has 11 heteroatoms. The summed E-state index contributed by atoms with van der Waals surface area (Å²) in [7, 11) is 2.91. The second-order valence-corrected chi connectivity index (χ2v) is 8.97. The maximum atomic E-state index is 14.4. The third kappa shape index (κ3) is 6.77. The number of ether oxygens (including phenoxy) is 3. The van der Waals surface area contributed by atoms with E-state index in [-0.39, 0.29) is 25.7 Å². The van der Waals surface area contributed by atoms with Gasteiger partial charge in [-0.05, 0) is 44.2 Å². The first-order valence-corrected chi connectivity index (χ1v) is 11.5. The molecule has 34 heavy (non-hydrogen) atoms. The first kappa shape index (κ1) is 26.1. The van der Waals surface area contributed by atoms with Crippen LogP contribution < -0.4 is 16.5 Å². The molecular formula is C23H35F2N5O4. The molecule has 0 bridgehead atoms. The third-order valence-electron chi connectivity index (χ3n) is 6.13. The number of carbonyl (C=O) groups is 1. The first-order valence-electron chi connectivity index (χ1n) is 11.5. The van der Waals surface area contributed by atoms with E-state index in [1.165, 1.54) is 12.1 Å². The molecule has 3 heterocycles. The Hall–Kier alpha value is -2.50. The number of rotatable bonds is 8. The fourth-order valence-corrected chi connectivity index (χ4v) is 4.42. The Kier molecular flexibility index (Phi) is 8.67. The molecule has 3 rings (SSSR count). The Bertz CT molecular complexity index is 890. The Balaban J connectivity index is 1.78. The van der Waals surface area contributed by atoms with Crippen molar-refractivity contribution in [2.45, 2.75) is 51.2 Å². The highest BCUT2D eigenvalue weighted by Gasteiger charge is 2.41. The number of piperidine rings is 1. The van der Waals surface area contributed by atoms with Gasteiger partial charge in [-0.1, -0.05) is 0 Å². The van der Waals surface area contributed by atoms with Crippen LogP contribution in [-0.4, -0.2) is 68.6 Å². The lowest BCUT2D eigenvalue weighted by atomic mass is 9.91. The number of hydrazine groups is 1. The second kappa shape index (κ2) is 11.3. The van der Waals surface area contributed by atoms with Crippen LogP contribution in [-0.2, 0) is 19.0 Å². The van der Waals surface area contributed by atoms with Crippen LogP contribution in [0.1, 0.15) is 43.5 Å². The number of likely N-dealkylation sites (N-methyl/N-ethyl adjacent to an activating group) is 1. The van der Waals surface area contributed by atoms with E-state index in [1.54, 1.807) is 31.0 Å². The summed E-state index contributed by atoms with van der Waals surface area (Å²) < 4.78 is 45.0. The van der Waals surface area contributed by atoms with Crippen LogP contribution in [0, 0.1) is 12.8 Å². The number of aromatic nitrogens is 1. The van der Waals surface area contributed by atoms with Gasteiger partial charge in [0.05, 0.1) is 55.2 Å². The molecule has 0 aromatic carbocycles. The van der Waals surface area contributed by atoms with Gasteiger partial charge in [0.15, 0.2) is 6.29 Å². The summed E-state index contributed by atoms with van der Waals surface area (Å²) in [6, 6.07) is 3.40. The SMILES string of the molecule is COC(=O)C[C@@H]1CN(c2ccc(/C(N)=C(\COC3CCCCO3)N(C)N)nc2C)CC(F)(F)C1. The minimum Gasteiger partial charge on any atom is -0.469 e. The zero-order valence-electron chi connectivity index (χ0n) is 20.1. The number of anilines is 1. The predicted molar refractivity (Wildman–Crippen MR) is 123 cm³/mol. The summed E-state index contributed by atoms with van der Waals surface area (Å²) in [4.78, 5) is 17.8. The van der Waals surface area contributed by atoms with Crippen LogP contribution in [0.4, 0.5) is 14.5 Å². The van der Waals surface area contributed by atoms with Crippen LogP contribution in [0.15, 0.2) is 17.8 Å². The average molecular weight is 484 g/mol. The van der Waals surface area contributed by atoms with Gasteiger partial charge in [0.25, 0.3) is 5.92 Å². The van der Waals surface area contributed by atoms with Crippen LogP contribution in [0.2, 0.25) is 0 Å². The maximum Gasteiger partial charge on any atom is 0.305 e. The lowest BCUT2D eigenvalue weighted by Gasteiger charge is -2.39. The van der Waals surface area contributed by atoms with E-state index in [0.717, 1.165) is 19.3 Å². The quantitative estimate of drug-likeness (QED) is 0.327. The number of pyridine rings is 1. The van der Waals surface area contributed by atoms with Gasteiger partial charge in [-0.15, -0.1) is 0 Å². The molecular weight excluding hydrogens is 448 g/mol. The minimum absolute atomic E-state index is 0.0558. The molecule has 4 N–H and O–H groups in total. The van der Waals surface area contributed by atoms with Gasteiger partial charge in [0, 0.05) is 26.6 Å². The lowest BCUT2D eigenvalue weighted by Crippen LogP contribution is -2.48. The van der Waals surface area contributed by atoms with Gasteiger partial charge < -0.3 is 29.9 Å². The molecule has 2 saturated heterocycles. The van der Waals surface area contributed by atoms with Crippen LogP contribution >= 0.6 is 0 Å². The Labute approximate surface area is 199 Å². The van der Waals surface area contributed by atoms with Crippen molar-refractivity contribution >= 4 is 17.4 Å². The minimum atomic E-state index is -2.92. The van der Waals surface area contributed by atoms with Crippen LogP contribution in [0.5, 0.6) is 0 Å². The standard InChI is InChI=1S/C23H35F2N5O4/c1-15-18(30-12-16(10-20(31)32-3)11-23(24,25)14-30)8-7-17(28-15)22(26)19(29(2)27)13-34-21-6-4-5-9-33-21/h7-8,16,21H,4-6,9-14,26-27H2,1-3H3/b22-19-/t16-,21?/m0/s1. The van der Waals surface area contributed by atoms with Crippen LogP contribution in [0.3, 0.4) is 0 Å². The molecule has 2 aliphatic rings. The van der Waals surface area contributed by atoms with E-state index in [2.05, 4.69) is 9.72 Å². The smallest absolute Gasteiger partial charge is 0.305 e. The molecule has 9 nitrogen and oxygen atoms in total. The molecule has 2 atom stereocenters. The second-order valence-electron chi connectivity index (χ2n) is 8.97. The molecule has 1 aromatic rings. The fourth-order valence-electron chi connectivity index (χ4n) is 4.42. The number of esters is 1. The van der Waals surface area contributed by atoms with Gasteiger partial charge in [-0.2, -0.15) is 0 Å². The highest BCUT2D eigenvalue weighted by molar-refractivity contribution is 5.70. The number of nitrogens with zero attached hydrogens (tertiary/aromatic N) is 3. The number of halogens is 2. The molecule has 2 fully saturated rings. The molecule has 2 aliphatic heterocycles. The number of aryl methyl sites for hydroxylation is 1. The van der Waals surface area contributed by atoms with Crippen molar-refractivity contribution in [3.63, 3.8) is 0 Å². The summed E-state index contributed by atoms with van der Waals surface area (Å²) in [5.41, 5.74) is 8.84. The zero-order valence-corrected chi connectivity index (χ0v) is 20.1. The zero-order chi connectivity index (χ0) is 24.9. The van der Waals surface area contributed by atoms with E-state index in [4.69, 9.17) is 21.1 Å². The van der Waals surface area contributed by atoms with Crippen molar-refractivity contribution in [1.29, 1.82) is 0 Å². The molecule has 1 unspecified atom stereocenters. The summed E-state index contributed by atoms with van der Waals surface area (Å²) in [6.45, 7) is 2.43. The largest absolute Gasteiger partial charge is 0.469 e. The van der Waals surface area contributed by atoms with Crippen molar-refractivity contribution in [3.8, 4) is 0 Å². The Morgan fingerprint density at radius 2 is 2.15 bits per heavy atom. The molecule has 0 saturated carbocycles. The highest BCUT2D eigenvalue weighted by Crippen LogP contribution is 2.36. The molecule has 0 amide bonds. The average Bonchev–Trinajstić information content (AvgIpc) is 2.78. The number of hydrogen-bond acceptors (Lipinski definition) is 9. The van der Waals surface area contributed by atoms with Crippen molar-refractivity contribution < 1.29 is 27.8 Å². The number of nitrogens with two attached hydrogens (primary N) is 2. The predicted octanol–water partition coefficient (Wildman–Crippen LogP) is 2.39. The Morgan fingerprint density at radius 1 is 1.38 bits per heavy atom. The van der Waals surface area contributed by atoms with Gasteiger partial charge in [0.1, 0.15) is 0 Å². The topological polar surface area (TPSA) is 116 Å². The van der Waals surface area contributed by atoms with E-state index < -0.39 is 24.4 Å². The number of carbonyl (C=O) groups excluding carboxylic acids is 1. The highest BCUT2D eigenvalue weighted by atomic mass is 19.3. The molecule has 0 aliphatic carbocycles. The van der Waals surface area contributed by atoms with Crippen molar-refractivity contribution in [2.75, 3.05) is 45.4 Å². The van der Waals surface area contributed by atoms with Crippen molar-refractivity contribution in [3.05, 3.63) is 29.2 Å². The van der Waals surface area contributed by atoms with E-state index in [1.807, 2.05) is 0 Å². The number of methoxy groups -OCH3 is 1. The molecule has 0 spiro atoms. The number of alkyl halides is 2. The van der Waals surface area contributed by atoms with E-state index in [9.17, 15) is 13.6 Å². The van der Waals surface area contributed by atoms with Gasteiger partial charge in [-0.25, -0.2) is 19.6 Å². The van der Waals surface area contributed by atoms with Crippen molar-refractivity contribution in [2.24, 2.45) is 17.5 Å². The van der Waals surface area contributed by atoms with Crippen LogP contribution in [0.25, 0.3) is 5.70 Å².